The zero-order valence-corrected chi connectivity index (χ0v) is 32.0. The van der Waals surface area contributed by atoms with E-state index in [0.717, 1.165) is 0 Å². The second kappa shape index (κ2) is 11.0. The molecular weight excluding hydrogens is 661 g/mol. The molecule has 0 bridgehead atoms. The Morgan fingerprint density at radius 2 is 0.583 bits per heavy atom. The van der Waals surface area contributed by atoms with Gasteiger partial charge in [-0.25, -0.2) is 0 Å². The molecule has 48 heavy (non-hydrogen) atoms. The van der Waals surface area contributed by atoms with Crippen molar-refractivity contribution in [2.75, 3.05) is 0 Å². The van der Waals surface area contributed by atoms with Crippen LogP contribution in [-0.4, -0.2) is 8.80 Å². The standard InChI is InChI=1S/C42H40N2S4/c1-21(2)25-9-13-29-33(17-25)45-39-37-41(47-34-18-26(22(3)4)10-14-30(34)43(29)37)42-38-40(39)46-35-19-27(23(5)6)11-15-31(35)44(38)32-16-12-28(24(7)8)20-36(32)48-42/h9-24H,1-8H3. The minimum absolute atomic E-state index is 0.474. The highest BCUT2D eigenvalue weighted by atomic mass is 32.1. The van der Waals surface area contributed by atoms with E-state index in [1.165, 1.54) is 93.0 Å². The number of hydrogen-bond donors (Lipinski definition) is 0. The summed E-state index contributed by atoms with van der Waals surface area (Å²) in [7, 11) is 0. The molecule has 0 radical (unpaired) electrons. The smallest absolute Gasteiger partial charge is 0.0838 e. The normalized spacial score (nSPS) is 12.9. The third kappa shape index (κ3) is 4.45. The average Bonchev–Trinajstić information content (AvgIpc) is 3.08. The van der Waals surface area contributed by atoms with Gasteiger partial charge in [0.25, 0.3) is 0 Å². The van der Waals surface area contributed by atoms with Crippen molar-refractivity contribution in [2.45, 2.75) is 79.1 Å². The van der Waals surface area contributed by atoms with Crippen LogP contribution in [0.1, 0.15) is 101 Å². The second-order valence-electron chi connectivity index (χ2n) is 14.6. The molecule has 9 rings (SSSR count). The van der Waals surface area contributed by atoms with Gasteiger partial charge < -0.3 is 8.80 Å². The third-order valence-electron chi connectivity index (χ3n) is 10.1. The van der Waals surface area contributed by atoms with Crippen LogP contribution in [0.5, 0.6) is 0 Å². The zero-order valence-electron chi connectivity index (χ0n) is 28.8. The maximum absolute atomic E-state index is 2.61. The molecule has 0 aliphatic carbocycles. The minimum Gasteiger partial charge on any atom is -0.305 e. The van der Waals surface area contributed by atoms with E-state index in [1.54, 1.807) is 0 Å². The van der Waals surface area contributed by atoms with Gasteiger partial charge in [-0.3, -0.25) is 0 Å². The Hall–Kier alpha value is -3.42. The lowest BCUT2D eigenvalue weighted by Crippen LogP contribution is -2.00. The fraction of sp³-hybridized carbons (Fsp3) is 0.286. The molecule has 9 aromatic rings. The van der Waals surface area contributed by atoms with Crippen LogP contribution in [0.15, 0.2) is 72.8 Å². The Labute approximate surface area is 297 Å². The first-order valence-corrected chi connectivity index (χ1v) is 20.5. The lowest BCUT2D eigenvalue weighted by Gasteiger charge is -2.21. The summed E-state index contributed by atoms with van der Waals surface area (Å²) in [6, 6.07) is 28.7. The topological polar surface area (TPSA) is 8.82 Å². The molecule has 0 saturated heterocycles. The Balaban J connectivity index is 1.61. The third-order valence-corrected chi connectivity index (χ3v) is 15.0. The molecule has 0 fully saturated rings. The number of aromatic nitrogens is 2. The van der Waals surface area contributed by atoms with Crippen molar-refractivity contribution in [3.8, 4) is 0 Å². The molecule has 0 saturated carbocycles. The van der Waals surface area contributed by atoms with E-state index in [4.69, 9.17) is 0 Å². The highest BCUT2D eigenvalue weighted by Crippen LogP contribution is 2.50. The average molecular weight is 701 g/mol. The van der Waals surface area contributed by atoms with Crippen LogP contribution >= 0.6 is 45.3 Å². The summed E-state index contributed by atoms with van der Waals surface area (Å²) in [5.41, 5.74) is 13.5. The summed E-state index contributed by atoms with van der Waals surface area (Å²) in [5, 5.41) is 0. The van der Waals surface area contributed by atoms with Gasteiger partial charge in [0.2, 0.25) is 0 Å². The molecule has 4 aromatic heterocycles. The first-order chi connectivity index (χ1) is 23.1. The van der Waals surface area contributed by atoms with Gasteiger partial charge in [-0.15, -0.1) is 45.3 Å². The van der Waals surface area contributed by atoms with Crippen molar-refractivity contribution in [2.24, 2.45) is 0 Å². The Kier molecular flexibility index (Phi) is 7.05. The second-order valence-corrected chi connectivity index (χ2v) is 18.8. The van der Waals surface area contributed by atoms with Crippen LogP contribution in [0, 0.1) is 0 Å². The Morgan fingerprint density at radius 1 is 0.354 bits per heavy atom. The van der Waals surface area contributed by atoms with Gasteiger partial charge in [0, 0.05) is 0 Å². The fourth-order valence-electron chi connectivity index (χ4n) is 7.23. The molecule has 242 valence electrons. The van der Waals surface area contributed by atoms with E-state index < -0.39 is 0 Å². The highest BCUT2D eigenvalue weighted by Gasteiger charge is 2.23. The van der Waals surface area contributed by atoms with Gasteiger partial charge in [0.05, 0.1) is 70.7 Å². The minimum atomic E-state index is 0.474. The van der Waals surface area contributed by atoms with Crippen LogP contribution in [0.3, 0.4) is 0 Å². The van der Waals surface area contributed by atoms with Crippen molar-refractivity contribution in [1.82, 2.24) is 8.80 Å². The maximum Gasteiger partial charge on any atom is 0.0838 e. The van der Waals surface area contributed by atoms with Crippen LogP contribution in [-0.2, 0) is 0 Å². The van der Waals surface area contributed by atoms with Crippen molar-refractivity contribution in [1.29, 1.82) is 0 Å². The van der Waals surface area contributed by atoms with Crippen LogP contribution in [0.25, 0.3) is 70.7 Å². The van der Waals surface area contributed by atoms with E-state index in [2.05, 4.69) is 137 Å². The Morgan fingerprint density at radius 3 is 0.792 bits per heavy atom. The van der Waals surface area contributed by atoms with Crippen LogP contribution in [0.2, 0.25) is 0 Å². The maximum atomic E-state index is 2.61. The summed E-state index contributed by atoms with van der Waals surface area (Å²) in [4.78, 5) is 0. The molecule has 0 aliphatic rings. The quantitative estimate of drug-likeness (QED) is 0.128. The monoisotopic (exact) mass is 700 g/mol. The predicted octanol–water partition coefficient (Wildman–Crippen LogP) is 15.0. The molecule has 0 unspecified atom stereocenters. The van der Waals surface area contributed by atoms with E-state index in [0.29, 0.717) is 23.7 Å². The van der Waals surface area contributed by atoms with Crippen molar-refractivity contribution in [3.63, 3.8) is 0 Å². The number of fused-ring (bicyclic) bond motifs is 10. The molecule has 0 amide bonds. The van der Waals surface area contributed by atoms with Gasteiger partial charge in [0.15, 0.2) is 0 Å². The molecular formula is C42H40N2S4. The lowest BCUT2D eigenvalue weighted by molar-refractivity contribution is 0.868. The SMILES string of the molecule is CC(C)c1ccc2c(c1)sc1c3sc4cc(C(C)C)ccc4n4c5ccc(C(C)C)cc5sc(c5sc6cc(C(C)C)ccc6n2c15)c34. The van der Waals surface area contributed by atoms with Crippen LogP contribution in [0.4, 0.5) is 0 Å². The summed E-state index contributed by atoms with van der Waals surface area (Å²) in [6.07, 6.45) is 0. The summed E-state index contributed by atoms with van der Waals surface area (Å²) in [5.74, 6) is 1.90. The number of nitrogens with zero attached hydrogens (tertiary/aromatic N) is 2. The molecule has 0 N–H and O–H groups in total. The molecule has 0 atom stereocenters. The molecule has 6 heteroatoms. The Bertz CT molecular complexity index is 2420. The van der Waals surface area contributed by atoms with E-state index >= 15 is 0 Å². The lowest BCUT2D eigenvalue weighted by atomic mass is 10.0. The molecule has 5 aromatic carbocycles. The van der Waals surface area contributed by atoms with Gasteiger partial charge in [-0.05, 0) is 94.5 Å². The largest absolute Gasteiger partial charge is 0.305 e. The van der Waals surface area contributed by atoms with Gasteiger partial charge in [-0.2, -0.15) is 0 Å². The van der Waals surface area contributed by atoms with Gasteiger partial charge in [-0.1, -0.05) is 79.7 Å². The molecule has 0 aliphatic heterocycles. The highest BCUT2D eigenvalue weighted by molar-refractivity contribution is 7.36. The van der Waals surface area contributed by atoms with Crippen molar-refractivity contribution < 1.29 is 0 Å². The predicted molar refractivity (Wildman–Crippen MR) is 219 cm³/mol. The summed E-state index contributed by atoms with van der Waals surface area (Å²) in [6.45, 7) is 18.4. The summed E-state index contributed by atoms with van der Waals surface area (Å²) < 4.78 is 16.2. The van der Waals surface area contributed by atoms with E-state index in [1.807, 2.05) is 45.3 Å². The number of hydrogen-bond acceptors (Lipinski definition) is 4. The van der Waals surface area contributed by atoms with E-state index in [9.17, 15) is 0 Å². The molecule has 0 spiro atoms. The first kappa shape index (κ1) is 30.6. The number of benzene rings is 5. The fourth-order valence-corrected chi connectivity index (χ4v) is 12.5. The van der Waals surface area contributed by atoms with E-state index in [-0.39, 0.29) is 0 Å². The van der Waals surface area contributed by atoms with Crippen molar-refractivity contribution in [3.05, 3.63) is 95.1 Å². The van der Waals surface area contributed by atoms with Gasteiger partial charge in [0.1, 0.15) is 0 Å². The molecule has 4 heterocycles. The number of rotatable bonds is 4. The summed E-state index contributed by atoms with van der Waals surface area (Å²) >= 11 is 7.94. The van der Waals surface area contributed by atoms with Crippen molar-refractivity contribution >= 4 is 116 Å². The van der Waals surface area contributed by atoms with Gasteiger partial charge >= 0.3 is 0 Å². The zero-order chi connectivity index (χ0) is 33.2. The molecule has 2 nitrogen and oxygen atoms in total. The van der Waals surface area contributed by atoms with Crippen LogP contribution < -0.4 is 0 Å². The first-order valence-electron chi connectivity index (χ1n) is 17.2.